The summed E-state index contributed by atoms with van der Waals surface area (Å²) in [7, 11) is 0. The van der Waals surface area contributed by atoms with Crippen molar-refractivity contribution in [3.05, 3.63) is 57.0 Å². The largest absolute Gasteiger partial charge is 0.444 e. The van der Waals surface area contributed by atoms with E-state index in [1.165, 1.54) is 31.7 Å². The minimum Gasteiger partial charge on any atom is -0.444 e. The van der Waals surface area contributed by atoms with Crippen molar-refractivity contribution in [3.63, 3.8) is 0 Å². The van der Waals surface area contributed by atoms with Crippen molar-refractivity contribution in [1.29, 1.82) is 0 Å². The number of fused-ring (bicyclic) bond motifs is 1. The number of hydrogen-bond acceptors (Lipinski definition) is 4. The fraction of sp³-hybridized carbons (Fsp3) is 0.519. The Kier molecular flexibility index (Phi) is 8.25. The third kappa shape index (κ3) is 6.20. The van der Waals surface area contributed by atoms with E-state index in [4.69, 9.17) is 16.3 Å². The fourth-order valence-corrected chi connectivity index (χ4v) is 5.61. The van der Waals surface area contributed by atoms with Crippen LogP contribution in [0.1, 0.15) is 75.3 Å². The number of carbonyl (C=O) groups is 2. The SMILES string of the molecule is CC(C)(C)OC(=O)N1Cc2c(Cl)cccc2N(C(=O)c2cc(Br)c(F)cn2)C(CCC2CCCC2)C1. The Hall–Kier alpha value is -2.19. The van der Waals surface area contributed by atoms with Gasteiger partial charge in [-0.3, -0.25) is 4.79 Å². The second-order valence-corrected chi connectivity index (χ2v) is 11.9. The molecule has 36 heavy (non-hydrogen) atoms. The second kappa shape index (κ2) is 11.1. The van der Waals surface area contributed by atoms with E-state index >= 15 is 0 Å². The first-order chi connectivity index (χ1) is 17.0. The third-order valence-corrected chi connectivity index (χ3v) is 7.74. The number of aromatic nitrogens is 1. The first-order valence-electron chi connectivity index (χ1n) is 12.4. The van der Waals surface area contributed by atoms with Crippen LogP contribution >= 0.6 is 27.5 Å². The maximum absolute atomic E-state index is 13.9. The monoisotopic (exact) mass is 579 g/mol. The summed E-state index contributed by atoms with van der Waals surface area (Å²) in [6, 6.07) is 6.47. The molecule has 4 rings (SSSR count). The highest BCUT2D eigenvalue weighted by atomic mass is 79.9. The van der Waals surface area contributed by atoms with Crippen molar-refractivity contribution >= 4 is 45.2 Å². The molecule has 1 aliphatic carbocycles. The van der Waals surface area contributed by atoms with E-state index in [2.05, 4.69) is 20.9 Å². The van der Waals surface area contributed by atoms with Crippen LogP contribution in [-0.2, 0) is 11.3 Å². The molecule has 2 aromatic rings. The third-order valence-electron chi connectivity index (χ3n) is 6.78. The van der Waals surface area contributed by atoms with Crippen molar-refractivity contribution < 1.29 is 18.7 Å². The normalized spacial score (nSPS) is 18.7. The van der Waals surface area contributed by atoms with E-state index in [-0.39, 0.29) is 28.7 Å². The Labute approximate surface area is 225 Å². The zero-order valence-electron chi connectivity index (χ0n) is 20.9. The molecule has 0 N–H and O–H groups in total. The molecule has 2 heterocycles. The Bertz CT molecular complexity index is 1130. The van der Waals surface area contributed by atoms with Crippen LogP contribution in [0.25, 0.3) is 0 Å². The number of anilines is 1. The van der Waals surface area contributed by atoms with Crippen molar-refractivity contribution in [3.8, 4) is 0 Å². The maximum Gasteiger partial charge on any atom is 0.410 e. The molecular weight excluding hydrogens is 549 g/mol. The lowest BCUT2D eigenvalue weighted by atomic mass is 9.97. The average molecular weight is 581 g/mol. The van der Waals surface area contributed by atoms with Crippen LogP contribution in [0.4, 0.5) is 14.9 Å². The van der Waals surface area contributed by atoms with Gasteiger partial charge in [-0.1, -0.05) is 43.4 Å². The quantitative estimate of drug-likeness (QED) is 0.379. The predicted molar refractivity (Wildman–Crippen MR) is 142 cm³/mol. The standard InChI is InChI=1S/C27H32BrClFN3O3/c1-27(2,3)36-26(35)32-15-18(12-11-17-7-4-5-8-17)33(24-10-6-9-21(29)19(24)16-32)25(34)23-13-20(28)22(30)14-31-23/h6,9-10,13-14,17-18H,4-5,7-8,11-12,15-16H2,1-3H3. The number of carbonyl (C=O) groups excluding carboxylic acids is 2. The summed E-state index contributed by atoms with van der Waals surface area (Å²) in [5.41, 5.74) is 0.761. The molecule has 1 aliphatic heterocycles. The Morgan fingerprint density at radius 3 is 2.61 bits per heavy atom. The molecule has 6 nitrogen and oxygen atoms in total. The molecule has 0 saturated heterocycles. The predicted octanol–water partition coefficient (Wildman–Crippen LogP) is 7.37. The van der Waals surface area contributed by atoms with Crippen LogP contribution in [0, 0.1) is 11.7 Å². The van der Waals surface area contributed by atoms with Gasteiger partial charge in [-0.2, -0.15) is 0 Å². The van der Waals surface area contributed by atoms with Gasteiger partial charge in [-0.15, -0.1) is 0 Å². The molecule has 1 saturated carbocycles. The van der Waals surface area contributed by atoms with Gasteiger partial charge in [0.2, 0.25) is 0 Å². The zero-order chi connectivity index (χ0) is 26.0. The maximum atomic E-state index is 13.9. The smallest absolute Gasteiger partial charge is 0.410 e. The van der Waals surface area contributed by atoms with Crippen LogP contribution < -0.4 is 4.90 Å². The molecule has 9 heteroatoms. The highest BCUT2D eigenvalue weighted by Crippen LogP contribution is 2.37. The molecule has 194 valence electrons. The molecule has 2 aliphatic rings. The molecule has 1 aromatic carbocycles. The zero-order valence-corrected chi connectivity index (χ0v) is 23.2. The lowest BCUT2D eigenvalue weighted by Gasteiger charge is -2.33. The van der Waals surface area contributed by atoms with Crippen LogP contribution in [-0.4, -0.2) is 40.1 Å². The van der Waals surface area contributed by atoms with Crippen molar-refractivity contribution in [1.82, 2.24) is 9.88 Å². The molecular formula is C27H32BrClFN3O3. The van der Waals surface area contributed by atoms with E-state index < -0.39 is 17.5 Å². The van der Waals surface area contributed by atoms with Crippen LogP contribution in [0.5, 0.6) is 0 Å². The first kappa shape index (κ1) is 26.9. The fourth-order valence-electron chi connectivity index (χ4n) is 5.06. The molecule has 0 spiro atoms. The number of halogens is 3. The minimum atomic E-state index is -0.661. The summed E-state index contributed by atoms with van der Waals surface area (Å²) in [5.74, 6) is -0.293. The Balaban J connectivity index is 1.76. The summed E-state index contributed by atoms with van der Waals surface area (Å²) in [6.45, 7) is 5.99. The summed E-state index contributed by atoms with van der Waals surface area (Å²) in [5, 5.41) is 0.462. The van der Waals surface area contributed by atoms with Gasteiger partial charge in [-0.25, -0.2) is 14.2 Å². The molecule has 1 atom stereocenters. The second-order valence-electron chi connectivity index (χ2n) is 10.6. The number of amides is 2. The van der Waals surface area contributed by atoms with Gasteiger partial charge in [-0.05, 0) is 73.7 Å². The molecule has 1 aromatic heterocycles. The minimum absolute atomic E-state index is 0.116. The van der Waals surface area contributed by atoms with Crippen molar-refractivity contribution in [2.24, 2.45) is 5.92 Å². The van der Waals surface area contributed by atoms with Gasteiger partial charge in [0.15, 0.2) is 5.82 Å². The summed E-state index contributed by atoms with van der Waals surface area (Å²) in [4.78, 5) is 34.6. The van der Waals surface area contributed by atoms with Crippen molar-refractivity contribution in [2.75, 3.05) is 11.4 Å². The molecule has 0 bridgehead atoms. The molecule has 1 fully saturated rings. The molecule has 1 unspecified atom stereocenters. The van der Waals surface area contributed by atoms with Gasteiger partial charge in [0.1, 0.15) is 11.3 Å². The highest BCUT2D eigenvalue weighted by molar-refractivity contribution is 9.10. The Morgan fingerprint density at radius 2 is 1.94 bits per heavy atom. The lowest BCUT2D eigenvalue weighted by Crippen LogP contribution is -2.47. The number of ether oxygens (including phenoxy) is 1. The summed E-state index contributed by atoms with van der Waals surface area (Å²) < 4.78 is 19.8. The van der Waals surface area contributed by atoms with E-state index in [1.807, 2.05) is 26.8 Å². The van der Waals surface area contributed by atoms with E-state index in [1.54, 1.807) is 21.9 Å². The van der Waals surface area contributed by atoms with Gasteiger partial charge >= 0.3 is 6.09 Å². The number of hydrogen-bond donors (Lipinski definition) is 0. The number of rotatable bonds is 4. The summed E-state index contributed by atoms with van der Waals surface area (Å²) in [6.07, 6.45) is 7.08. The Morgan fingerprint density at radius 1 is 1.22 bits per heavy atom. The van der Waals surface area contributed by atoms with E-state index in [0.29, 0.717) is 35.2 Å². The average Bonchev–Trinajstić information content (AvgIpc) is 3.26. The molecule has 0 radical (unpaired) electrons. The molecule has 2 amide bonds. The van der Waals surface area contributed by atoms with Crippen LogP contribution in [0.3, 0.4) is 0 Å². The first-order valence-corrected chi connectivity index (χ1v) is 13.6. The summed E-state index contributed by atoms with van der Waals surface area (Å²) >= 11 is 9.79. The van der Waals surface area contributed by atoms with E-state index in [9.17, 15) is 14.0 Å². The highest BCUT2D eigenvalue weighted by Gasteiger charge is 2.37. The topological polar surface area (TPSA) is 62.7 Å². The van der Waals surface area contributed by atoms with E-state index in [0.717, 1.165) is 12.6 Å². The van der Waals surface area contributed by atoms with Gasteiger partial charge in [0.25, 0.3) is 5.91 Å². The van der Waals surface area contributed by atoms with Gasteiger partial charge in [0.05, 0.1) is 28.9 Å². The lowest BCUT2D eigenvalue weighted by molar-refractivity contribution is 0.0223. The van der Waals surface area contributed by atoms with Crippen LogP contribution in [0.15, 0.2) is 34.9 Å². The number of nitrogens with zero attached hydrogens (tertiary/aromatic N) is 3. The number of pyridine rings is 1. The van der Waals surface area contributed by atoms with Crippen LogP contribution in [0.2, 0.25) is 5.02 Å². The van der Waals surface area contributed by atoms with Gasteiger partial charge < -0.3 is 14.5 Å². The van der Waals surface area contributed by atoms with Crippen molar-refractivity contribution in [2.45, 2.75) is 77.5 Å². The number of benzene rings is 1. The van der Waals surface area contributed by atoms with Gasteiger partial charge in [0, 0.05) is 17.1 Å².